The van der Waals surface area contributed by atoms with Gasteiger partial charge in [0.05, 0.1) is 0 Å². The lowest BCUT2D eigenvalue weighted by Crippen LogP contribution is -2.37. The molecule has 0 aromatic rings. The standard InChI is InChI=1S/C15H29NO/c1-2-9-16-11-13-6-3-4-8-15(13)14-7-5-10-17-12-14/h13-16H,2-12H2,1H3. The Labute approximate surface area is 107 Å². The van der Waals surface area contributed by atoms with Gasteiger partial charge in [-0.1, -0.05) is 19.8 Å². The Morgan fingerprint density at radius 2 is 2.00 bits per heavy atom. The first-order chi connectivity index (χ1) is 8.42. The molecule has 100 valence electrons. The van der Waals surface area contributed by atoms with Crippen molar-refractivity contribution in [2.24, 2.45) is 17.8 Å². The van der Waals surface area contributed by atoms with Crippen molar-refractivity contribution in [2.45, 2.75) is 51.9 Å². The molecular formula is C15H29NO. The Morgan fingerprint density at radius 3 is 2.76 bits per heavy atom. The molecule has 2 rings (SSSR count). The summed E-state index contributed by atoms with van der Waals surface area (Å²) in [5, 5.41) is 3.63. The molecule has 2 aliphatic rings. The van der Waals surface area contributed by atoms with Crippen molar-refractivity contribution < 1.29 is 4.74 Å². The maximum atomic E-state index is 5.69. The fraction of sp³-hybridized carbons (Fsp3) is 1.00. The van der Waals surface area contributed by atoms with Gasteiger partial charge in [-0.15, -0.1) is 0 Å². The Balaban J connectivity index is 1.82. The average molecular weight is 239 g/mol. The number of hydrogen-bond donors (Lipinski definition) is 1. The van der Waals surface area contributed by atoms with E-state index >= 15 is 0 Å². The van der Waals surface area contributed by atoms with Crippen molar-refractivity contribution in [3.05, 3.63) is 0 Å². The molecular weight excluding hydrogens is 210 g/mol. The van der Waals surface area contributed by atoms with E-state index in [1.54, 1.807) is 0 Å². The Kier molecular flexibility index (Phi) is 5.79. The molecule has 1 N–H and O–H groups in total. The third kappa shape index (κ3) is 3.96. The maximum absolute atomic E-state index is 5.69. The molecule has 3 unspecified atom stereocenters. The molecule has 0 amide bonds. The van der Waals surface area contributed by atoms with Crippen LogP contribution in [-0.4, -0.2) is 26.3 Å². The van der Waals surface area contributed by atoms with Crippen LogP contribution in [0.2, 0.25) is 0 Å². The number of ether oxygens (including phenoxy) is 1. The molecule has 1 heterocycles. The third-order valence-electron chi connectivity index (χ3n) is 4.60. The van der Waals surface area contributed by atoms with Gasteiger partial charge in [0, 0.05) is 13.2 Å². The van der Waals surface area contributed by atoms with Crippen molar-refractivity contribution in [3.63, 3.8) is 0 Å². The van der Waals surface area contributed by atoms with Gasteiger partial charge in [0.25, 0.3) is 0 Å². The monoisotopic (exact) mass is 239 g/mol. The van der Waals surface area contributed by atoms with Gasteiger partial charge in [-0.05, 0) is 62.9 Å². The highest BCUT2D eigenvalue weighted by Gasteiger charge is 2.32. The lowest BCUT2D eigenvalue weighted by Gasteiger charge is -2.39. The summed E-state index contributed by atoms with van der Waals surface area (Å²) in [6.07, 6.45) is 9.74. The SMILES string of the molecule is CCCNCC1CCCCC1C1CCCOC1. The second-order valence-corrected chi connectivity index (χ2v) is 5.89. The zero-order valence-corrected chi connectivity index (χ0v) is 11.4. The smallest absolute Gasteiger partial charge is 0.0497 e. The second kappa shape index (κ2) is 7.38. The van der Waals surface area contributed by atoms with Crippen molar-refractivity contribution in [1.82, 2.24) is 5.32 Å². The minimum Gasteiger partial charge on any atom is -0.381 e. The van der Waals surface area contributed by atoms with Gasteiger partial charge in [-0.3, -0.25) is 0 Å². The zero-order valence-electron chi connectivity index (χ0n) is 11.4. The molecule has 3 atom stereocenters. The maximum Gasteiger partial charge on any atom is 0.0497 e. The number of rotatable bonds is 5. The lowest BCUT2D eigenvalue weighted by molar-refractivity contribution is 0.00577. The van der Waals surface area contributed by atoms with E-state index in [2.05, 4.69) is 12.2 Å². The molecule has 0 bridgehead atoms. The van der Waals surface area contributed by atoms with E-state index in [0.29, 0.717) is 0 Å². The van der Waals surface area contributed by atoms with E-state index in [-0.39, 0.29) is 0 Å². The average Bonchev–Trinajstić information content (AvgIpc) is 2.41. The molecule has 0 aromatic carbocycles. The van der Waals surface area contributed by atoms with Gasteiger partial charge in [0.1, 0.15) is 0 Å². The van der Waals surface area contributed by atoms with Gasteiger partial charge in [-0.2, -0.15) is 0 Å². The highest BCUT2D eigenvalue weighted by Crippen LogP contribution is 2.38. The van der Waals surface area contributed by atoms with Crippen LogP contribution >= 0.6 is 0 Å². The second-order valence-electron chi connectivity index (χ2n) is 5.89. The van der Waals surface area contributed by atoms with Gasteiger partial charge < -0.3 is 10.1 Å². The van der Waals surface area contributed by atoms with Crippen LogP contribution in [0.5, 0.6) is 0 Å². The molecule has 2 nitrogen and oxygen atoms in total. The van der Waals surface area contributed by atoms with Crippen LogP contribution in [-0.2, 0) is 4.74 Å². The third-order valence-corrected chi connectivity index (χ3v) is 4.60. The summed E-state index contributed by atoms with van der Waals surface area (Å²) in [5.74, 6) is 2.72. The molecule has 17 heavy (non-hydrogen) atoms. The van der Waals surface area contributed by atoms with Crippen molar-refractivity contribution >= 4 is 0 Å². The minimum absolute atomic E-state index is 0.859. The molecule has 0 spiro atoms. The summed E-state index contributed by atoms with van der Waals surface area (Å²) in [6.45, 7) is 6.72. The highest BCUT2D eigenvalue weighted by atomic mass is 16.5. The van der Waals surface area contributed by atoms with Gasteiger partial charge in [0.15, 0.2) is 0 Å². The van der Waals surface area contributed by atoms with Gasteiger partial charge >= 0.3 is 0 Å². The highest BCUT2D eigenvalue weighted by molar-refractivity contribution is 4.83. The topological polar surface area (TPSA) is 21.3 Å². The van der Waals surface area contributed by atoms with Crippen LogP contribution in [0.15, 0.2) is 0 Å². The first-order valence-corrected chi connectivity index (χ1v) is 7.70. The van der Waals surface area contributed by atoms with E-state index in [0.717, 1.165) is 31.0 Å². The summed E-state index contributed by atoms with van der Waals surface area (Å²) in [4.78, 5) is 0. The predicted octanol–water partition coefficient (Wildman–Crippen LogP) is 3.22. The van der Waals surface area contributed by atoms with Crippen LogP contribution in [0, 0.1) is 17.8 Å². The van der Waals surface area contributed by atoms with Crippen LogP contribution < -0.4 is 5.32 Å². The summed E-state index contributed by atoms with van der Waals surface area (Å²) in [6, 6.07) is 0. The van der Waals surface area contributed by atoms with Crippen LogP contribution in [0.3, 0.4) is 0 Å². The van der Waals surface area contributed by atoms with E-state index in [1.807, 2.05) is 0 Å². The fourth-order valence-corrected chi connectivity index (χ4v) is 3.68. The zero-order chi connectivity index (χ0) is 11.9. The van der Waals surface area contributed by atoms with Crippen LogP contribution in [0.25, 0.3) is 0 Å². The molecule has 2 heteroatoms. The molecule has 0 aromatic heterocycles. The van der Waals surface area contributed by atoms with Gasteiger partial charge in [-0.25, -0.2) is 0 Å². The Morgan fingerprint density at radius 1 is 1.12 bits per heavy atom. The molecule has 1 aliphatic carbocycles. The summed E-state index contributed by atoms with van der Waals surface area (Å²) in [5.41, 5.74) is 0. The number of hydrogen-bond acceptors (Lipinski definition) is 2. The van der Waals surface area contributed by atoms with Crippen LogP contribution in [0.1, 0.15) is 51.9 Å². The van der Waals surface area contributed by atoms with E-state index in [4.69, 9.17) is 4.74 Å². The van der Waals surface area contributed by atoms with Crippen molar-refractivity contribution in [1.29, 1.82) is 0 Å². The first-order valence-electron chi connectivity index (χ1n) is 7.70. The predicted molar refractivity (Wildman–Crippen MR) is 72.2 cm³/mol. The molecule has 1 saturated carbocycles. The van der Waals surface area contributed by atoms with E-state index < -0.39 is 0 Å². The van der Waals surface area contributed by atoms with Crippen molar-refractivity contribution in [2.75, 3.05) is 26.3 Å². The van der Waals surface area contributed by atoms with Gasteiger partial charge in [0.2, 0.25) is 0 Å². The molecule has 1 aliphatic heterocycles. The number of nitrogens with one attached hydrogen (secondary N) is 1. The summed E-state index contributed by atoms with van der Waals surface area (Å²) in [7, 11) is 0. The summed E-state index contributed by atoms with van der Waals surface area (Å²) < 4.78 is 5.69. The Hall–Kier alpha value is -0.0800. The first kappa shape index (κ1) is 13.4. The summed E-state index contributed by atoms with van der Waals surface area (Å²) >= 11 is 0. The molecule has 2 fully saturated rings. The normalized spacial score (nSPS) is 34.8. The minimum atomic E-state index is 0.859. The van der Waals surface area contributed by atoms with Crippen LogP contribution in [0.4, 0.5) is 0 Å². The largest absolute Gasteiger partial charge is 0.381 e. The lowest BCUT2D eigenvalue weighted by atomic mass is 9.71. The van der Waals surface area contributed by atoms with E-state index in [9.17, 15) is 0 Å². The fourth-order valence-electron chi connectivity index (χ4n) is 3.68. The quantitative estimate of drug-likeness (QED) is 0.744. The van der Waals surface area contributed by atoms with Crippen molar-refractivity contribution in [3.8, 4) is 0 Å². The Bertz CT molecular complexity index is 201. The molecule has 1 saturated heterocycles. The molecule has 0 radical (unpaired) electrons. The van der Waals surface area contributed by atoms with E-state index in [1.165, 1.54) is 58.0 Å².